The minimum Gasteiger partial charge on any atom is -0.484 e. The van der Waals surface area contributed by atoms with E-state index in [-0.39, 0.29) is 18.4 Å². The van der Waals surface area contributed by atoms with E-state index in [0.29, 0.717) is 18.8 Å². The van der Waals surface area contributed by atoms with E-state index >= 15 is 0 Å². The number of nitrogens with one attached hydrogen (secondary N) is 1. The van der Waals surface area contributed by atoms with Gasteiger partial charge in [-0.3, -0.25) is 9.59 Å². The maximum Gasteiger partial charge on any atom is 0.261 e. The van der Waals surface area contributed by atoms with E-state index in [1.165, 1.54) is 0 Å². The van der Waals surface area contributed by atoms with Gasteiger partial charge in [0.15, 0.2) is 6.61 Å². The first-order chi connectivity index (χ1) is 13.4. The molecule has 0 fully saturated rings. The number of nitrogens with zero attached hydrogens (tertiary/aromatic N) is 1. The fraction of sp³-hybridized carbons (Fsp3) is 0.364. The lowest BCUT2D eigenvalue weighted by molar-refractivity contribution is -0.142. The van der Waals surface area contributed by atoms with Gasteiger partial charge in [-0.15, -0.1) is 0 Å². The van der Waals surface area contributed by atoms with Crippen LogP contribution in [0.1, 0.15) is 31.4 Å². The maximum absolute atomic E-state index is 12.9. The number of amides is 2. The van der Waals surface area contributed by atoms with Crippen LogP contribution in [-0.4, -0.2) is 35.9 Å². The lowest BCUT2D eigenvalue weighted by atomic mass is 10.1. The van der Waals surface area contributed by atoms with Crippen molar-refractivity contribution < 1.29 is 14.3 Å². The minimum absolute atomic E-state index is 0.126. The van der Waals surface area contributed by atoms with Crippen LogP contribution < -0.4 is 10.1 Å². The third-order valence-corrected chi connectivity index (χ3v) is 5.29. The van der Waals surface area contributed by atoms with E-state index in [9.17, 15) is 9.59 Å². The Hall–Kier alpha value is -2.34. The molecule has 0 saturated carbocycles. The van der Waals surface area contributed by atoms with Gasteiger partial charge in [0.2, 0.25) is 5.91 Å². The van der Waals surface area contributed by atoms with Gasteiger partial charge in [0.1, 0.15) is 11.8 Å². The van der Waals surface area contributed by atoms with Gasteiger partial charge in [0, 0.05) is 17.6 Å². The van der Waals surface area contributed by atoms with Gasteiger partial charge in [-0.1, -0.05) is 53.2 Å². The normalized spacial score (nSPS) is 11.6. The summed E-state index contributed by atoms with van der Waals surface area (Å²) in [4.78, 5) is 26.9. The summed E-state index contributed by atoms with van der Waals surface area (Å²) >= 11 is 3.45. The Morgan fingerprint density at radius 1 is 1.18 bits per heavy atom. The van der Waals surface area contributed by atoms with Crippen LogP contribution in [0.5, 0.6) is 5.75 Å². The molecular formula is C22H27BrN2O3. The van der Waals surface area contributed by atoms with Crippen molar-refractivity contribution in [2.45, 2.75) is 39.8 Å². The first-order valence-electron chi connectivity index (χ1n) is 9.42. The summed E-state index contributed by atoms with van der Waals surface area (Å²) in [5.41, 5.74) is 1.99. The minimum atomic E-state index is -0.588. The van der Waals surface area contributed by atoms with Crippen molar-refractivity contribution in [3.05, 3.63) is 64.1 Å². The highest BCUT2D eigenvalue weighted by atomic mass is 79.9. The predicted molar refractivity (Wildman–Crippen MR) is 114 cm³/mol. The molecule has 2 rings (SSSR count). The zero-order valence-electron chi connectivity index (χ0n) is 16.6. The highest BCUT2D eigenvalue weighted by Crippen LogP contribution is 2.21. The molecule has 0 aliphatic rings. The molecule has 0 aliphatic heterocycles. The fourth-order valence-electron chi connectivity index (χ4n) is 2.69. The molecular weight excluding hydrogens is 420 g/mol. The van der Waals surface area contributed by atoms with Gasteiger partial charge in [0.05, 0.1) is 0 Å². The topological polar surface area (TPSA) is 58.6 Å². The fourth-order valence-corrected chi connectivity index (χ4v) is 2.94. The summed E-state index contributed by atoms with van der Waals surface area (Å²) in [6.07, 6.45) is 0.844. The first kappa shape index (κ1) is 22.0. The smallest absolute Gasteiger partial charge is 0.261 e. The molecule has 1 N–H and O–H groups in total. The van der Waals surface area contributed by atoms with Gasteiger partial charge in [0.25, 0.3) is 5.91 Å². The Bertz CT molecular complexity index is 796. The lowest BCUT2D eigenvalue weighted by Gasteiger charge is -2.28. The standard InChI is InChI=1S/C22H27BrN2O3/c1-4-12-24-22(27)17(3)25(14-18-8-6-5-7-9-18)21(26)15-28-19-10-11-20(23)16(2)13-19/h5-11,13,17H,4,12,14-15H2,1-3H3,(H,24,27)/t17-/m0/s1. The number of ether oxygens (including phenoxy) is 1. The van der Waals surface area contributed by atoms with Crippen LogP contribution in [0, 0.1) is 6.92 Å². The Morgan fingerprint density at radius 2 is 1.89 bits per heavy atom. The average Bonchev–Trinajstić information content (AvgIpc) is 2.71. The molecule has 2 aromatic carbocycles. The van der Waals surface area contributed by atoms with Crippen molar-refractivity contribution >= 4 is 27.7 Å². The number of rotatable bonds is 9. The van der Waals surface area contributed by atoms with Gasteiger partial charge in [-0.2, -0.15) is 0 Å². The highest BCUT2D eigenvalue weighted by Gasteiger charge is 2.26. The van der Waals surface area contributed by atoms with Gasteiger partial charge < -0.3 is 15.0 Å². The molecule has 0 aliphatic carbocycles. The molecule has 2 amide bonds. The molecule has 6 heteroatoms. The number of aryl methyl sites for hydroxylation is 1. The molecule has 0 spiro atoms. The van der Waals surface area contributed by atoms with E-state index in [0.717, 1.165) is 22.0 Å². The summed E-state index contributed by atoms with van der Waals surface area (Å²) < 4.78 is 6.67. The van der Waals surface area contributed by atoms with Crippen molar-refractivity contribution in [3.8, 4) is 5.75 Å². The molecule has 0 heterocycles. The van der Waals surface area contributed by atoms with Crippen molar-refractivity contribution in [1.82, 2.24) is 10.2 Å². The number of benzene rings is 2. The summed E-state index contributed by atoms with van der Waals surface area (Å²) in [5.74, 6) is 0.228. The monoisotopic (exact) mass is 446 g/mol. The number of carbonyl (C=O) groups is 2. The van der Waals surface area contributed by atoms with Crippen LogP contribution in [0.4, 0.5) is 0 Å². The van der Waals surface area contributed by atoms with Crippen LogP contribution in [0.2, 0.25) is 0 Å². The molecule has 0 bridgehead atoms. The van der Waals surface area contributed by atoms with Crippen molar-refractivity contribution in [2.75, 3.05) is 13.2 Å². The van der Waals surface area contributed by atoms with Crippen LogP contribution in [-0.2, 0) is 16.1 Å². The van der Waals surface area contributed by atoms with E-state index in [1.54, 1.807) is 11.8 Å². The molecule has 150 valence electrons. The van der Waals surface area contributed by atoms with Gasteiger partial charge >= 0.3 is 0 Å². The van der Waals surface area contributed by atoms with Crippen LogP contribution in [0.15, 0.2) is 53.0 Å². The third-order valence-electron chi connectivity index (χ3n) is 4.40. The second-order valence-electron chi connectivity index (χ2n) is 6.67. The van der Waals surface area contributed by atoms with Gasteiger partial charge in [-0.05, 0) is 49.6 Å². The summed E-state index contributed by atoms with van der Waals surface area (Å²) in [6.45, 7) is 6.51. The van der Waals surface area contributed by atoms with Crippen LogP contribution >= 0.6 is 15.9 Å². The highest BCUT2D eigenvalue weighted by molar-refractivity contribution is 9.10. The number of carbonyl (C=O) groups excluding carboxylic acids is 2. The molecule has 28 heavy (non-hydrogen) atoms. The lowest BCUT2D eigenvalue weighted by Crippen LogP contribution is -2.49. The van der Waals surface area contributed by atoms with Crippen LogP contribution in [0.25, 0.3) is 0 Å². The van der Waals surface area contributed by atoms with Crippen molar-refractivity contribution in [1.29, 1.82) is 0 Å². The first-order valence-corrected chi connectivity index (χ1v) is 10.2. The number of hydrogen-bond acceptors (Lipinski definition) is 3. The molecule has 1 atom stereocenters. The SMILES string of the molecule is CCCNC(=O)[C@H](C)N(Cc1ccccc1)C(=O)COc1ccc(Br)c(C)c1. The second-order valence-corrected chi connectivity index (χ2v) is 7.53. The van der Waals surface area contributed by atoms with Gasteiger partial charge in [-0.25, -0.2) is 0 Å². The Kier molecular flexibility index (Phi) is 8.51. The quantitative estimate of drug-likeness (QED) is 0.630. The molecule has 2 aromatic rings. The average molecular weight is 447 g/mol. The molecule has 5 nitrogen and oxygen atoms in total. The summed E-state index contributed by atoms with van der Waals surface area (Å²) in [7, 11) is 0. The molecule has 0 unspecified atom stereocenters. The Balaban J connectivity index is 2.10. The Labute approximate surface area is 175 Å². The summed E-state index contributed by atoms with van der Waals surface area (Å²) in [5, 5.41) is 2.86. The molecule has 0 radical (unpaired) electrons. The van der Waals surface area contributed by atoms with E-state index in [1.807, 2.05) is 62.4 Å². The van der Waals surface area contributed by atoms with E-state index in [4.69, 9.17) is 4.74 Å². The van der Waals surface area contributed by atoms with Crippen molar-refractivity contribution in [3.63, 3.8) is 0 Å². The number of hydrogen-bond donors (Lipinski definition) is 1. The zero-order valence-corrected chi connectivity index (χ0v) is 18.2. The second kappa shape index (κ2) is 10.9. The molecule has 0 saturated heterocycles. The third kappa shape index (κ3) is 6.37. The van der Waals surface area contributed by atoms with Crippen molar-refractivity contribution in [2.24, 2.45) is 0 Å². The Morgan fingerprint density at radius 3 is 2.54 bits per heavy atom. The van der Waals surface area contributed by atoms with E-state index in [2.05, 4.69) is 21.2 Å². The largest absolute Gasteiger partial charge is 0.484 e. The van der Waals surface area contributed by atoms with E-state index < -0.39 is 6.04 Å². The molecule has 0 aromatic heterocycles. The predicted octanol–water partition coefficient (Wildman–Crippen LogP) is 4.08. The summed E-state index contributed by atoms with van der Waals surface area (Å²) in [6, 6.07) is 14.6. The maximum atomic E-state index is 12.9. The number of halogens is 1. The van der Waals surface area contributed by atoms with Crippen LogP contribution in [0.3, 0.4) is 0 Å². The zero-order chi connectivity index (χ0) is 20.5.